The number of rotatable bonds is 5. The minimum absolute atomic E-state index is 0.111. The van der Waals surface area contributed by atoms with Crippen molar-refractivity contribution in [1.29, 1.82) is 0 Å². The molecule has 2 rings (SSSR count). The average molecular weight is 329 g/mol. The van der Waals surface area contributed by atoms with Gasteiger partial charge in [0.2, 0.25) is 5.91 Å². The van der Waals surface area contributed by atoms with Gasteiger partial charge in [-0.2, -0.15) is 0 Å². The van der Waals surface area contributed by atoms with E-state index in [9.17, 15) is 9.59 Å². The van der Waals surface area contributed by atoms with Crippen molar-refractivity contribution < 1.29 is 9.59 Å². The number of nitrogens with one attached hydrogen (secondary N) is 1. The normalized spacial score (nSPS) is 10.0. The van der Waals surface area contributed by atoms with Crippen molar-refractivity contribution in [2.75, 3.05) is 11.9 Å². The highest BCUT2D eigenvalue weighted by Gasteiger charge is 2.15. The van der Waals surface area contributed by atoms with E-state index in [4.69, 9.17) is 0 Å². The molecule has 2 aromatic rings. The lowest BCUT2D eigenvalue weighted by Gasteiger charge is -2.14. The van der Waals surface area contributed by atoms with Crippen LogP contribution in [0.15, 0.2) is 47.5 Å². The summed E-state index contributed by atoms with van der Waals surface area (Å²) in [5, 5.41) is 5.30. The monoisotopic (exact) mass is 329 g/mol. The maximum atomic E-state index is 12.4. The average Bonchev–Trinajstić information content (AvgIpc) is 3.06. The fourth-order valence-electron chi connectivity index (χ4n) is 1.93. The second kappa shape index (κ2) is 7.69. The molecular formula is C17H19N3O2S. The van der Waals surface area contributed by atoms with Crippen LogP contribution in [-0.2, 0) is 11.3 Å². The van der Waals surface area contributed by atoms with E-state index in [1.807, 2.05) is 31.4 Å². The van der Waals surface area contributed by atoms with Gasteiger partial charge in [0, 0.05) is 36.8 Å². The molecule has 6 heteroatoms. The summed E-state index contributed by atoms with van der Waals surface area (Å²) >= 11 is 1.41. The van der Waals surface area contributed by atoms with Crippen LogP contribution in [0.4, 0.5) is 5.13 Å². The minimum atomic E-state index is -0.117. The molecule has 2 amide bonds. The van der Waals surface area contributed by atoms with Crippen molar-refractivity contribution in [3.05, 3.63) is 58.6 Å². The van der Waals surface area contributed by atoms with E-state index in [2.05, 4.69) is 10.3 Å². The van der Waals surface area contributed by atoms with E-state index in [1.54, 1.807) is 31.5 Å². The van der Waals surface area contributed by atoms with Crippen molar-refractivity contribution >= 4 is 28.3 Å². The van der Waals surface area contributed by atoms with E-state index >= 15 is 0 Å². The number of nitrogens with zero attached hydrogens (tertiary/aromatic N) is 2. The van der Waals surface area contributed by atoms with Gasteiger partial charge in [-0.3, -0.25) is 14.5 Å². The topological polar surface area (TPSA) is 62.3 Å². The maximum absolute atomic E-state index is 12.4. The van der Waals surface area contributed by atoms with E-state index in [1.165, 1.54) is 16.2 Å². The van der Waals surface area contributed by atoms with Gasteiger partial charge < -0.3 is 5.32 Å². The second-order valence-corrected chi connectivity index (χ2v) is 6.19. The zero-order valence-corrected chi connectivity index (χ0v) is 14.2. The van der Waals surface area contributed by atoms with Crippen LogP contribution in [0.1, 0.15) is 29.8 Å². The van der Waals surface area contributed by atoms with Crippen molar-refractivity contribution in [1.82, 2.24) is 10.3 Å². The van der Waals surface area contributed by atoms with Crippen molar-refractivity contribution in [3.63, 3.8) is 0 Å². The molecule has 0 aliphatic carbocycles. The fourth-order valence-corrected chi connectivity index (χ4v) is 2.54. The minimum Gasteiger partial charge on any atom is -0.348 e. The van der Waals surface area contributed by atoms with E-state index in [0.717, 1.165) is 11.1 Å². The number of amides is 2. The van der Waals surface area contributed by atoms with Gasteiger partial charge in [-0.15, -0.1) is 11.3 Å². The highest BCUT2D eigenvalue weighted by Crippen LogP contribution is 2.18. The van der Waals surface area contributed by atoms with Crippen molar-refractivity contribution in [2.24, 2.45) is 0 Å². The van der Waals surface area contributed by atoms with E-state index < -0.39 is 0 Å². The Kier molecular flexibility index (Phi) is 5.65. The summed E-state index contributed by atoms with van der Waals surface area (Å²) in [4.78, 5) is 29.6. The van der Waals surface area contributed by atoms with Crippen LogP contribution in [0.25, 0.3) is 0 Å². The van der Waals surface area contributed by atoms with Crippen LogP contribution in [-0.4, -0.2) is 23.8 Å². The lowest BCUT2D eigenvalue weighted by Crippen LogP contribution is -2.26. The number of allylic oxidation sites excluding steroid dienone is 1. The number of aromatic nitrogens is 1. The van der Waals surface area contributed by atoms with Gasteiger partial charge >= 0.3 is 0 Å². The Balaban J connectivity index is 1.98. The number of hydrogen-bond acceptors (Lipinski definition) is 4. The quantitative estimate of drug-likeness (QED) is 0.858. The van der Waals surface area contributed by atoms with E-state index in [-0.39, 0.29) is 11.8 Å². The fraction of sp³-hybridized carbons (Fsp3) is 0.235. The van der Waals surface area contributed by atoms with Crippen molar-refractivity contribution in [3.8, 4) is 0 Å². The molecule has 23 heavy (non-hydrogen) atoms. The lowest BCUT2D eigenvalue weighted by atomic mass is 10.1. The predicted octanol–water partition coefficient (Wildman–Crippen LogP) is 3.00. The van der Waals surface area contributed by atoms with Gasteiger partial charge in [-0.05, 0) is 31.5 Å². The Hall–Kier alpha value is -2.47. The Morgan fingerprint density at radius 2 is 1.96 bits per heavy atom. The molecule has 1 aromatic carbocycles. The van der Waals surface area contributed by atoms with Crippen molar-refractivity contribution in [2.45, 2.75) is 20.4 Å². The Labute approximate surface area is 139 Å². The van der Waals surface area contributed by atoms with Gasteiger partial charge in [0.1, 0.15) is 0 Å². The van der Waals surface area contributed by atoms with Gasteiger partial charge in [0.25, 0.3) is 5.91 Å². The third-order valence-electron chi connectivity index (χ3n) is 3.10. The molecule has 120 valence electrons. The van der Waals surface area contributed by atoms with Crippen LogP contribution < -0.4 is 10.2 Å². The Morgan fingerprint density at radius 1 is 1.26 bits per heavy atom. The van der Waals surface area contributed by atoms with Crippen LogP contribution in [0.3, 0.4) is 0 Å². The molecule has 0 radical (unpaired) electrons. The number of benzene rings is 1. The first-order chi connectivity index (χ1) is 11.0. The van der Waals surface area contributed by atoms with Gasteiger partial charge in [-0.25, -0.2) is 4.98 Å². The van der Waals surface area contributed by atoms with Crippen LogP contribution in [0.2, 0.25) is 0 Å². The van der Waals surface area contributed by atoms with Gasteiger partial charge in [0.15, 0.2) is 5.13 Å². The predicted molar refractivity (Wildman–Crippen MR) is 92.6 cm³/mol. The van der Waals surface area contributed by atoms with Gasteiger partial charge in [-0.1, -0.05) is 17.7 Å². The smallest absolute Gasteiger partial charge is 0.259 e. The zero-order chi connectivity index (χ0) is 16.8. The Bertz CT molecular complexity index is 702. The largest absolute Gasteiger partial charge is 0.348 e. The summed E-state index contributed by atoms with van der Waals surface area (Å²) in [6, 6.07) is 7.20. The van der Waals surface area contributed by atoms with Crippen LogP contribution in [0.5, 0.6) is 0 Å². The molecule has 0 saturated heterocycles. The third kappa shape index (κ3) is 4.75. The van der Waals surface area contributed by atoms with Crippen LogP contribution >= 0.6 is 11.3 Å². The highest BCUT2D eigenvalue weighted by atomic mass is 32.1. The van der Waals surface area contributed by atoms with E-state index in [0.29, 0.717) is 17.2 Å². The molecule has 0 spiro atoms. The number of hydrogen-bond donors (Lipinski definition) is 1. The number of carbonyl (C=O) groups excluding carboxylic acids is 2. The van der Waals surface area contributed by atoms with Crippen LogP contribution in [0, 0.1) is 0 Å². The molecular weight excluding hydrogens is 310 g/mol. The highest BCUT2D eigenvalue weighted by molar-refractivity contribution is 7.13. The molecule has 0 saturated carbocycles. The maximum Gasteiger partial charge on any atom is 0.259 e. The third-order valence-corrected chi connectivity index (χ3v) is 3.95. The molecule has 0 aliphatic heterocycles. The summed E-state index contributed by atoms with van der Waals surface area (Å²) in [7, 11) is 1.70. The molecule has 1 N–H and O–H groups in total. The molecule has 5 nitrogen and oxygen atoms in total. The number of anilines is 1. The number of carbonyl (C=O) groups is 2. The summed E-state index contributed by atoms with van der Waals surface area (Å²) < 4.78 is 0. The first-order valence-corrected chi connectivity index (χ1v) is 8.04. The molecule has 0 aliphatic rings. The first-order valence-electron chi connectivity index (χ1n) is 7.16. The SMILES string of the molecule is CC(C)=CC(=O)NCc1ccc(C(=O)N(C)c2nccs2)cc1. The lowest BCUT2D eigenvalue weighted by molar-refractivity contribution is -0.116. The molecule has 1 aromatic heterocycles. The summed E-state index contributed by atoms with van der Waals surface area (Å²) in [5.74, 6) is -0.228. The second-order valence-electron chi connectivity index (χ2n) is 5.32. The summed E-state index contributed by atoms with van der Waals surface area (Å²) in [6.07, 6.45) is 3.23. The Morgan fingerprint density at radius 3 is 2.52 bits per heavy atom. The first kappa shape index (κ1) is 16.9. The molecule has 0 fully saturated rings. The standard InChI is InChI=1S/C17H19N3O2S/c1-12(2)10-15(21)19-11-13-4-6-14(7-5-13)16(22)20(3)17-18-8-9-23-17/h4-10H,11H2,1-3H3,(H,19,21). The molecule has 0 atom stereocenters. The molecule has 0 unspecified atom stereocenters. The molecule has 0 bridgehead atoms. The summed E-state index contributed by atoms with van der Waals surface area (Å²) in [6.45, 7) is 4.18. The molecule has 1 heterocycles. The number of thiazole rings is 1. The summed E-state index contributed by atoms with van der Waals surface area (Å²) in [5.41, 5.74) is 2.48. The van der Waals surface area contributed by atoms with Gasteiger partial charge in [0.05, 0.1) is 0 Å². The zero-order valence-electron chi connectivity index (χ0n) is 13.4.